The zero-order valence-corrected chi connectivity index (χ0v) is 12.2. The first-order chi connectivity index (χ1) is 9.13. The van der Waals surface area contributed by atoms with Crippen molar-refractivity contribution in [1.29, 1.82) is 0 Å². The number of rotatable bonds is 2. The summed E-state index contributed by atoms with van der Waals surface area (Å²) >= 11 is 7.73. The van der Waals surface area contributed by atoms with Gasteiger partial charge in [0.1, 0.15) is 5.82 Å². The van der Waals surface area contributed by atoms with Crippen LogP contribution in [0.25, 0.3) is 0 Å². The Morgan fingerprint density at radius 3 is 3.05 bits per heavy atom. The van der Waals surface area contributed by atoms with Crippen molar-refractivity contribution in [2.75, 3.05) is 24.7 Å². The van der Waals surface area contributed by atoms with E-state index in [2.05, 4.69) is 15.3 Å². The number of likely N-dealkylation sites (tertiary alicyclic amines) is 1. The SMILES string of the molecule is CN1CC(Nc2nc(Cl)nc3c2SCC3)CCC1=O. The molecule has 1 amide bonds. The number of aromatic nitrogens is 2. The average molecular weight is 299 g/mol. The van der Waals surface area contributed by atoms with Crippen molar-refractivity contribution >= 4 is 35.1 Å². The van der Waals surface area contributed by atoms with Gasteiger partial charge in [-0.05, 0) is 18.0 Å². The minimum Gasteiger partial charge on any atom is -0.364 e. The summed E-state index contributed by atoms with van der Waals surface area (Å²) in [6.07, 6.45) is 2.37. The van der Waals surface area contributed by atoms with Gasteiger partial charge >= 0.3 is 0 Å². The van der Waals surface area contributed by atoms with Gasteiger partial charge in [-0.1, -0.05) is 0 Å². The zero-order valence-electron chi connectivity index (χ0n) is 10.6. The maximum atomic E-state index is 11.5. The predicted molar refractivity (Wildman–Crippen MR) is 75.8 cm³/mol. The number of likely N-dealkylation sites (N-methyl/N-ethyl adjacent to an activating group) is 1. The molecule has 0 aliphatic carbocycles. The van der Waals surface area contributed by atoms with Crippen LogP contribution in [0.15, 0.2) is 4.90 Å². The normalized spacial score (nSPS) is 22.5. The lowest BCUT2D eigenvalue weighted by atomic mass is 10.1. The summed E-state index contributed by atoms with van der Waals surface area (Å²) in [5, 5.41) is 3.72. The van der Waals surface area contributed by atoms with Gasteiger partial charge in [0.2, 0.25) is 11.2 Å². The molecule has 1 fully saturated rings. The topological polar surface area (TPSA) is 58.1 Å². The molecule has 5 nitrogen and oxygen atoms in total. The summed E-state index contributed by atoms with van der Waals surface area (Å²) in [4.78, 5) is 22.9. The fraction of sp³-hybridized carbons (Fsp3) is 0.583. The van der Waals surface area contributed by atoms with E-state index in [-0.39, 0.29) is 11.9 Å². The second kappa shape index (κ2) is 5.17. The molecule has 102 valence electrons. The molecule has 2 aliphatic heterocycles. The molecule has 3 rings (SSSR count). The highest BCUT2D eigenvalue weighted by Gasteiger charge is 2.26. The molecule has 0 aromatic carbocycles. The Bertz CT molecular complexity index is 525. The van der Waals surface area contributed by atoms with E-state index in [1.807, 2.05) is 7.05 Å². The van der Waals surface area contributed by atoms with Crippen LogP contribution in [0.3, 0.4) is 0 Å². The molecule has 1 saturated heterocycles. The third kappa shape index (κ3) is 2.65. The second-order valence-electron chi connectivity index (χ2n) is 4.87. The number of hydrogen-bond acceptors (Lipinski definition) is 5. The summed E-state index contributed by atoms with van der Waals surface area (Å²) in [6, 6.07) is 0.235. The minimum absolute atomic E-state index is 0.207. The predicted octanol–water partition coefficient (Wildman–Crippen LogP) is 1.81. The van der Waals surface area contributed by atoms with Crippen molar-refractivity contribution < 1.29 is 4.79 Å². The molecule has 0 saturated carbocycles. The number of carbonyl (C=O) groups excluding carboxylic acids is 1. The average Bonchev–Trinajstić information content (AvgIpc) is 2.82. The molecule has 1 aromatic rings. The Labute approximate surface area is 121 Å². The Morgan fingerprint density at radius 2 is 2.26 bits per heavy atom. The number of hydrogen-bond donors (Lipinski definition) is 1. The molecule has 7 heteroatoms. The summed E-state index contributed by atoms with van der Waals surface area (Å²) in [6.45, 7) is 0.708. The van der Waals surface area contributed by atoms with E-state index in [9.17, 15) is 4.79 Å². The summed E-state index contributed by atoms with van der Waals surface area (Å²) < 4.78 is 0. The first-order valence-electron chi connectivity index (χ1n) is 6.33. The van der Waals surface area contributed by atoms with Crippen LogP contribution in [-0.4, -0.2) is 46.2 Å². The number of nitrogens with one attached hydrogen (secondary N) is 1. The van der Waals surface area contributed by atoms with Gasteiger partial charge in [-0.3, -0.25) is 4.79 Å². The number of anilines is 1. The van der Waals surface area contributed by atoms with E-state index in [1.165, 1.54) is 0 Å². The van der Waals surface area contributed by atoms with Gasteiger partial charge in [0.05, 0.1) is 10.6 Å². The van der Waals surface area contributed by atoms with Crippen LogP contribution in [0.5, 0.6) is 0 Å². The van der Waals surface area contributed by atoms with Gasteiger partial charge in [0.15, 0.2) is 0 Å². The van der Waals surface area contributed by atoms with Crippen LogP contribution in [0.1, 0.15) is 18.5 Å². The fourth-order valence-corrected chi connectivity index (χ4v) is 3.70. The van der Waals surface area contributed by atoms with Crippen LogP contribution in [0.4, 0.5) is 5.82 Å². The lowest BCUT2D eigenvalue weighted by Crippen LogP contribution is -2.43. The van der Waals surface area contributed by atoms with Crippen molar-refractivity contribution in [3.63, 3.8) is 0 Å². The molecule has 0 spiro atoms. The van der Waals surface area contributed by atoms with Gasteiger partial charge in [-0.25, -0.2) is 4.98 Å². The molecule has 0 bridgehead atoms. The number of fused-ring (bicyclic) bond motifs is 1. The minimum atomic E-state index is 0.207. The maximum Gasteiger partial charge on any atom is 0.224 e. The van der Waals surface area contributed by atoms with E-state index in [0.717, 1.165) is 35.0 Å². The number of amides is 1. The number of piperidine rings is 1. The third-order valence-corrected chi connectivity index (χ3v) is 4.76. The van der Waals surface area contributed by atoms with Crippen molar-refractivity contribution in [3.8, 4) is 0 Å². The number of halogens is 1. The third-order valence-electron chi connectivity index (χ3n) is 3.46. The van der Waals surface area contributed by atoms with Crippen LogP contribution >= 0.6 is 23.4 Å². The van der Waals surface area contributed by atoms with E-state index in [4.69, 9.17) is 11.6 Å². The molecule has 19 heavy (non-hydrogen) atoms. The largest absolute Gasteiger partial charge is 0.364 e. The Morgan fingerprint density at radius 1 is 1.42 bits per heavy atom. The van der Waals surface area contributed by atoms with E-state index in [0.29, 0.717) is 18.2 Å². The van der Waals surface area contributed by atoms with Gasteiger partial charge in [0.25, 0.3) is 0 Å². The van der Waals surface area contributed by atoms with Crippen LogP contribution in [0.2, 0.25) is 5.28 Å². The molecule has 1 atom stereocenters. The molecule has 2 aliphatic rings. The highest BCUT2D eigenvalue weighted by Crippen LogP contribution is 2.36. The smallest absolute Gasteiger partial charge is 0.224 e. The van der Waals surface area contributed by atoms with Gasteiger partial charge in [-0.15, -0.1) is 11.8 Å². The quantitative estimate of drug-likeness (QED) is 0.844. The Kier molecular flexibility index (Phi) is 3.54. The molecular formula is C12H15ClN4OS. The van der Waals surface area contributed by atoms with Gasteiger partial charge < -0.3 is 10.2 Å². The van der Waals surface area contributed by atoms with Crippen molar-refractivity contribution in [1.82, 2.24) is 14.9 Å². The van der Waals surface area contributed by atoms with Crippen LogP contribution in [0, 0.1) is 0 Å². The zero-order chi connectivity index (χ0) is 13.4. The second-order valence-corrected chi connectivity index (χ2v) is 6.31. The van der Waals surface area contributed by atoms with E-state index in [1.54, 1.807) is 16.7 Å². The van der Waals surface area contributed by atoms with Gasteiger partial charge in [-0.2, -0.15) is 4.98 Å². The molecule has 0 radical (unpaired) electrons. The number of thioether (sulfide) groups is 1. The van der Waals surface area contributed by atoms with Crippen LogP contribution < -0.4 is 5.32 Å². The number of nitrogens with zero attached hydrogens (tertiary/aromatic N) is 3. The van der Waals surface area contributed by atoms with Crippen molar-refractivity contribution in [2.24, 2.45) is 0 Å². The van der Waals surface area contributed by atoms with E-state index < -0.39 is 0 Å². The highest BCUT2D eigenvalue weighted by atomic mass is 35.5. The Balaban J connectivity index is 1.79. The maximum absolute atomic E-state index is 11.5. The summed E-state index contributed by atoms with van der Waals surface area (Å²) in [7, 11) is 1.84. The van der Waals surface area contributed by atoms with Crippen molar-refractivity contribution in [3.05, 3.63) is 11.0 Å². The molecule has 1 aromatic heterocycles. The molecule has 3 heterocycles. The molecule has 1 N–H and O–H groups in total. The van der Waals surface area contributed by atoms with Crippen LogP contribution in [-0.2, 0) is 11.2 Å². The number of carbonyl (C=O) groups is 1. The lowest BCUT2D eigenvalue weighted by Gasteiger charge is -2.30. The standard InChI is InChI=1S/C12H15ClN4OS/c1-17-6-7(2-3-9(17)18)14-11-10-8(4-5-19-10)15-12(13)16-11/h7H,2-6H2,1H3,(H,14,15,16). The van der Waals surface area contributed by atoms with Gasteiger partial charge in [0, 0.05) is 38.2 Å². The first kappa shape index (κ1) is 13.0. The lowest BCUT2D eigenvalue weighted by molar-refractivity contribution is -0.132. The van der Waals surface area contributed by atoms with Crippen molar-refractivity contribution in [2.45, 2.75) is 30.2 Å². The highest BCUT2D eigenvalue weighted by molar-refractivity contribution is 7.99. The summed E-state index contributed by atoms with van der Waals surface area (Å²) in [5.74, 6) is 2.06. The monoisotopic (exact) mass is 298 g/mol. The fourth-order valence-electron chi connectivity index (χ4n) is 2.46. The van der Waals surface area contributed by atoms with E-state index >= 15 is 0 Å². The Hall–Kier alpha value is -1.01. The summed E-state index contributed by atoms with van der Waals surface area (Å²) in [5.41, 5.74) is 1.03. The number of aryl methyl sites for hydroxylation is 1. The molecular weight excluding hydrogens is 284 g/mol. The molecule has 1 unspecified atom stereocenters. The first-order valence-corrected chi connectivity index (χ1v) is 7.69.